The van der Waals surface area contributed by atoms with Crippen LogP contribution in [0.25, 0.3) is 6.08 Å². The third kappa shape index (κ3) is 6.06. The molecular weight excluding hydrogens is 631 g/mol. The quantitative estimate of drug-likeness (QED) is 0.233. The third-order valence-corrected chi connectivity index (χ3v) is 7.81. The predicted octanol–water partition coefficient (Wildman–Crippen LogP) is 4.60. The smallest absolute Gasteiger partial charge is 0.338 e. The Hall–Kier alpha value is -3.12. The summed E-state index contributed by atoms with van der Waals surface area (Å²) in [7, 11) is 1.60. The number of fused-ring (bicyclic) bond motifs is 1. The molecule has 3 aromatic rings. The van der Waals surface area contributed by atoms with E-state index >= 15 is 0 Å². The monoisotopic (exact) mass is 662 g/mol. The van der Waals surface area contributed by atoms with Gasteiger partial charge in [-0.2, -0.15) is 0 Å². The van der Waals surface area contributed by atoms with Gasteiger partial charge in [0.05, 0.1) is 52.3 Å². The van der Waals surface area contributed by atoms with Crippen molar-refractivity contribution in [1.29, 1.82) is 0 Å². The molecule has 10 heteroatoms. The second kappa shape index (κ2) is 12.8. The van der Waals surface area contributed by atoms with Crippen LogP contribution in [0, 0.1) is 3.57 Å². The highest BCUT2D eigenvalue weighted by Crippen LogP contribution is 2.35. The fourth-order valence-corrected chi connectivity index (χ4v) is 6.17. The minimum atomic E-state index is -0.683. The Bertz CT molecular complexity index is 1570. The molecule has 0 spiro atoms. The number of esters is 1. The normalized spacial score (nSPS) is 15.0. The van der Waals surface area contributed by atoms with E-state index in [1.807, 2.05) is 56.3 Å². The molecule has 0 saturated carbocycles. The standard InChI is InChI=1S/C29H31IN2O6S/c1-6-13-38-26-21(30)14-18(15-22(26)35-5)16-23-27(33)32-25(19-9-11-20(12-10-19)36-7-2)24(28(34)37-8-3)17(4)31-29(32)39-23/h9-12,14-16,25H,6-8,13H2,1-5H3/b23-16+/t25-/m0/s1. The van der Waals surface area contributed by atoms with E-state index < -0.39 is 12.0 Å². The molecule has 206 valence electrons. The molecule has 0 bridgehead atoms. The summed E-state index contributed by atoms with van der Waals surface area (Å²) in [5.41, 5.74) is 2.18. The average molecular weight is 663 g/mol. The molecule has 0 saturated heterocycles. The maximum Gasteiger partial charge on any atom is 0.338 e. The van der Waals surface area contributed by atoms with Crippen molar-refractivity contribution in [2.75, 3.05) is 26.9 Å². The van der Waals surface area contributed by atoms with Crippen molar-refractivity contribution in [2.45, 2.75) is 40.2 Å². The summed E-state index contributed by atoms with van der Waals surface area (Å²) in [6, 6.07) is 10.5. The van der Waals surface area contributed by atoms with E-state index in [1.165, 1.54) is 11.3 Å². The van der Waals surface area contributed by atoms with Crippen LogP contribution in [0.3, 0.4) is 0 Å². The molecule has 1 aliphatic rings. The zero-order valence-corrected chi connectivity index (χ0v) is 25.6. The lowest BCUT2D eigenvalue weighted by Gasteiger charge is -2.24. The fraction of sp³-hybridized carbons (Fsp3) is 0.345. The van der Waals surface area contributed by atoms with Crippen molar-refractivity contribution in [3.63, 3.8) is 0 Å². The number of thiazole rings is 1. The van der Waals surface area contributed by atoms with Gasteiger partial charge in [0, 0.05) is 0 Å². The molecule has 2 heterocycles. The molecule has 2 aromatic carbocycles. The van der Waals surface area contributed by atoms with Gasteiger partial charge in [-0.1, -0.05) is 30.4 Å². The van der Waals surface area contributed by atoms with E-state index in [0.717, 1.165) is 21.1 Å². The Morgan fingerprint density at radius 3 is 2.51 bits per heavy atom. The first-order valence-electron chi connectivity index (χ1n) is 12.8. The lowest BCUT2D eigenvalue weighted by atomic mass is 9.96. The van der Waals surface area contributed by atoms with Crippen LogP contribution in [0.5, 0.6) is 17.2 Å². The van der Waals surface area contributed by atoms with Crippen molar-refractivity contribution in [1.82, 2.24) is 4.57 Å². The molecule has 0 aliphatic carbocycles. The van der Waals surface area contributed by atoms with Crippen molar-refractivity contribution in [3.05, 3.63) is 82.1 Å². The van der Waals surface area contributed by atoms with Crippen LogP contribution in [0.1, 0.15) is 51.3 Å². The van der Waals surface area contributed by atoms with E-state index in [1.54, 1.807) is 25.5 Å². The Balaban J connectivity index is 1.87. The molecule has 0 radical (unpaired) electrons. The van der Waals surface area contributed by atoms with Gasteiger partial charge in [-0.3, -0.25) is 9.36 Å². The Morgan fingerprint density at radius 2 is 1.87 bits per heavy atom. The highest BCUT2D eigenvalue weighted by atomic mass is 127. The summed E-state index contributed by atoms with van der Waals surface area (Å²) in [5, 5.41) is 0. The summed E-state index contributed by atoms with van der Waals surface area (Å²) >= 11 is 3.49. The highest BCUT2D eigenvalue weighted by molar-refractivity contribution is 14.1. The maximum atomic E-state index is 13.9. The fourth-order valence-electron chi connectivity index (χ4n) is 4.34. The molecule has 39 heavy (non-hydrogen) atoms. The number of carbonyl (C=O) groups is 1. The first-order chi connectivity index (χ1) is 18.8. The molecule has 8 nitrogen and oxygen atoms in total. The summed E-state index contributed by atoms with van der Waals surface area (Å²) in [5.74, 6) is 1.50. The number of ether oxygens (including phenoxy) is 4. The second-order valence-corrected chi connectivity index (χ2v) is 10.9. The van der Waals surface area contributed by atoms with Crippen molar-refractivity contribution >= 4 is 46.0 Å². The van der Waals surface area contributed by atoms with Gasteiger partial charge < -0.3 is 18.9 Å². The van der Waals surface area contributed by atoms with E-state index in [0.29, 0.717) is 51.1 Å². The lowest BCUT2D eigenvalue weighted by Crippen LogP contribution is -2.39. The van der Waals surface area contributed by atoms with Gasteiger partial charge in [-0.25, -0.2) is 9.79 Å². The molecule has 1 aromatic heterocycles. The van der Waals surface area contributed by atoms with Crippen molar-refractivity contribution < 1.29 is 23.7 Å². The first kappa shape index (κ1) is 28.9. The summed E-state index contributed by atoms with van der Waals surface area (Å²) in [6.45, 7) is 8.82. The first-order valence-corrected chi connectivity index (χ1v) is 14.6. The molecule has 4 rings (SSSR count). The van der Waals surface area contributed by atoms with Crippen LogP contribution < -0.4 is 29.1 Å². The molecule has 0 fully saturated rings. The second-order valence-electron chi connectivity index (χ2n) is 8.69. The number of carbonyl (C=O) groups excluding carboxylic acids is 1. The Kier molecular flexibility index (Phi) is 9.49. The molecule has 1 atom stereocenters. The number of nitrogens with zero attached hydrogens (tertiary/aromatic N) is 2. The Morgan fingerprint density at radius 1 is 1.13 bits per heavy atom. The third-order valence-electron chi connectivity index (χ3n) is 6.02. The molecule has 0 unspecified atom stereocenters. The van der Waals surface area contributed by atoms with Gasteiger partial charge in [-0.15, -0.1) is 0 Å². The highest BCUT2D eigenvalue weighted by Gasteiger charge is 2.33. The molecule has 1 aliphatic heterocycles. The summed E-state index contributed by atoms with van der Waals surface area (Å²) < 4.78 is 25.4. The number of hydrogen-bond acceptors (Lipinski definition) is 8. The van der Waals surface area contributed by atoms with Gasteiger partial charge in [-0.05, 0) is 91.3 Å². The number of allylic oxidation sites excluding steroid dienone is 1. The lowest BCUT2D eigenvalue weighted by molar-refractivity contribution is -0.139. The molecule has 0 N–H and O–H groups in total. The average Bonchev–Trinajstić information content (AvgIpc) is 3.21. The van der Waals surface area contributed by atoms with Crippen LogP contribution >= 0.6 is 33.9 Å². The number of methoxy groups -OCH3 is 1. The van der Waals surface area contributed by atoms with Gasteiger partial charge in [0.15, 0.2) is 16.3 Å². The van der Waals surface area contributed by atoms with E-state index in [2.05, 4.69) is 27.6 Å². The predicted molar refractivity (Wildman–Crippen MR) is 160 cm³/mol. The molecule has 0 amide bonds. The van der Waals surface area contributed by atoms with E-state index in [-0.39, 0.29) is 12.2 Å². The topological polar surface area (TPSA) is 88.4 Å². The number of halogens is 1. The zero-order chi connectivity index (χ0) is 28.1. The summed E-state index contributed by atoms with van der Waals surface area (Å²) in [4.78, 5) is 32.1. The minimum Gasteiger partial charge on any atom is -0.494 e. The van der Waals surface area contributed by atoms with Crippen LogP contribution in [-0.2, 0) is 9.53 Å². The van der Waals surface area contributed by atoms with Crippen LogP contribution in [0.4, 0.5) is 0 Å². The largest absolute Gasteiger partial charge is 0.494 e. The van der Waals surface area contributed by atoms with E-state index in [4.69, 9.17) is 18.9 Å². The zero-order valence-electron chi connectivity index (χ0n) is 22.6. The van der Waals surface area contributed by atoms with Gasteiger partial charge in [0.25, 0.3) is 5.56 Å². The van der Waals surface area contributed by atoms with E-state index in [9.17, 15) is 9.59 Å². The van der Waals surface area contributed by atoms with Gasteiger partial charge in [0.1, 0.15) is 5.75 Å². The number of aromatic nitrogens is 1. The van der Waals surface area contributed by atoms with Crippen molar-refractivity contribution in [2.24, 2.45) is 4.99 Å². The van der Waals surface area contributed by atoms with Gasteiger partial charge in [0.2, 0.25) is 0 Å². The number of hydrogen-bond donors (Lipinski definition) is 0. The van der Waals surface area contributed by atoms with Crippen molar-refractivity contribution in [3.8, 4) is 17.2 Å². The Labute approximate surface area is 244 Å². The SMILES string of the molecule is CCCOc1c(I)cc(/C=c2/sc3n(c2=O)[C@@H](c2ccc(OCC)cc2)C(C(=O)OCC)=C(C)N=3)cc1OC. The summed E-state index contributed by atoms with van der Waals surface area (Å²) in [6.07, 6.45) is 2.70. The number of rotatable bonds is 10. The molecular formula is C29H31IN2O6S. The number of benzene rings is 2. The van der Waals surface area contributed by atoms with Crippen LogP contribution in [0.2, 0.25) is 0 Å². The van der Waals surface area contributed by atoms with Gasteiger partial charge >= 0.3 is 5.97 Å². The van der Waals surface area contributed by atoms with Crippen LogP contribution in [0.15, 0.2) is 57.5 Å². The maximum absolute atomic E-state index is 13.9. The minimum absolute atomic E-state index is 0.217. The van der Waals surface area contributed by atoms with Crippen LogP contribution in [-0.4, -0.2) is 37.5 Å².